The topological polar surface area (TPSA) is 50.9 Å². The number of ketones is 2. The number of rotatable bonds is 3. The van der Waals surface area contributed by atoms with Gasteiger partial charge in [0.15, 0.2) is 6.20 Å². The Kier molecular flexibility index (Phi) is 4.36. The van der Waals surface area contributed by atoms with E-state index in [1.807, 2.05) is 24.4 Å². The van der Waals surface area contributed by atoms with Gasteiger partial charge in [0.05, 0.1) is 11.1 Å². The van der Waals surface area contributed by atoms with E-state index < -0.39 is 0 Å². The van der Waals surface area contributed by atoms with Crippen molar-refractivity contribution in [1.82, 2.24) is 4.98 Å². The highest BCUT2D eigenvalue weighted by Crippen LogP contribution is 2.31. The third-order valence-corrected chi connectivity index (χ3v) is 4.00. The molecule has 0 radical (unpaired) electrons. The monoisotopic (exact) mass is 380 g/mol. The Labute approximate surface area is 149 Å². The van der Waals surface area contributed by atoms with Gasteiger partial charge in [-0.15, -0.1) is 0 Å². The van der Waals surface area contributed by atoms with Gasteiger partial charge in [-0.1, -0.05) is 30.3 Å². The summed E-state index contributed by atoms with van der Waals surface area (Å²) in [4.78, 5) is 29.3. The van der Waals surface area contributed by atoms with Crippen LogP contribution < -0.4 is 21.5 Å². The van der Waals surface area contributed by atoms with E-state index in [1.54, 1.807) is 47.2 Å². The third-order valence-electron chi connectivity index (χ3n) is 4.00. The fourth-order valence-corrected chi connectivity index (χ4v) is 2.92. The number of halogens is 1. The van der Waals surface area contributed by atoms with Crippen LogP contribution in [0.5, 0.6) is 0 Å². The zero-order chi connectivity index (χ0) is 15.8. The van der Waals surface area contributed by atoms with Crippen molar-refractivity contribution in [2.45, 2.75) is 6.54 Å². The Balaban J connectivity index is 0.00000169. The highest BCUT2D eigenvalue weighted by Gasteiger charge is 2.36. The molecule has 0 atom stereocenters. The molecule has 0 N–H and O–H groups in total. The molecule has 0 spiro atoms. The van der Waals surface area contributed by atoms with Gasteiger partial charge in [0.25, 0.3) is 0 Å². The van der Waals surface area contributed by atoms with Crippen molar-refractivity contribution in [3.05, 3.63) is 83.7 Å². The molecule has 5 heteroatoms. The average molecular weight is 381 g/mol. The molecular weight excluding hydrogens is 368 g/mol. The summed E-state index contributed by atoms with van der Waals surface area (Å²) in [6, 6.07) is 16.2. The quantitative estimate of drug-likeness (QED) is 0.354. The van der Waals surface area contributed by atoms with E-state index in [0.717, 1.165) is 5.69 Å². The zero-order valence-corrected chi connectivity index (χ0v) is 14.2. The summed E-state index contributed by atoms with van der Waals surface area (Å²) in [5.74, 6) is -0.0366. The van der Waals surface area contributed by atoms with E-state index >= 15 is 0 Å². The van der Waals surface area contributed by atoms with E-state index in [4.69, 9.17) is 0 Å². The van der Waals surface area contributed by atoms with E-state index in [2.05, 4.69) is 4.98 Å². The number of Topliss-reactive ketones (excluding diaryl/α,β-unsaturated/α-hetero) is 1. The number of carbonyl (C=O) groups excluding carboxylic acids is 2. The number of pyridine rings is 2. The number of hydrogen-bond donors (Lipinski definition) is 0. The predicted molar refractivity (Wildman–Crippen MR) is 84.1 cm³/mol. The van der Waals surface area contributed by atoms with Gasteiger partial charge in [-0.25, -0.2) is 4.98 Å². The Hall–Kier alpha value is -2.66. The lowest BCUT2D eigenvalue weighted by Gasteiger charge is -2.02. The zero-order valence-electron chi connectivity index (χ0n) is 12.6. The fourth-order valence-electron chi connectivity index (χ4n) is 2.92. The predicted octanol–water partition coefficient (Wildman–Crippen LogP) is -0.533. The maximum absolute atomic E-state index is 12.5. The lowest BCUT2D eigenvalue weighted by Crippen LogP contribution is -3.00. The van der Waals surface area contributed by atoms with Crippen LogP contribution in [0.4, 0.5) is 0 Å². The summed E-state index contributed by atoms with van der Waals surface area (Å²) in [7, 11) is 0. The van der Waals surface area contributed by atoms with Crippen LogP contribution in [0, 0.1) is 0 Å². The molecule has 0 saturated carbocycles. The van der Waals surface area contributed by atoms with Gasteiger partial charge in [0.1, 0.15) is 5.69 Å². The smallest absolute Gasteiger partial charge is 0.243 e. The van der Waals surface area contributed by atoms with E-state index in [1.165, 1.54) is 0 Å². The molecule has 1 aliphatic rings. The third kappa shape index (κ3) is 2.57. The van der Waals surface area contributed by atoms with Gasteiger partial charge in [-0.2, -0.15) is 4.57 Å². The largest absolute Gasteiger partial charge is 1.00 e. The van der Waals surface area contributed by atoms with Crippen molar-refractivity contribution < 1.29 is 31.1 Å². The number of carbonyl (C=O) groups is 2. The number of fused-ring (bicyclic) bond motifs is 3. The summed E-state index contributed by atoms with van der Waals surface area (Å²) in [5.41, 5.74) is 3.21. The van der Waals surface area contributed by atoms with Crippen LogP contribution in [0.15, 0.2) is 67.0 Å². The summed E-state index contributed by atoms with van der Waals surface area (Å²) in [5, 5.41) is 0. The van der Waals surface area contributed by atoms with Crippen LogP contribution in [0.25, 0.3) is 11.4 Å². The van der Waals surface area contributed by atoms with Gasteiger partial charge in [-0.05, 0) is 18.2 Å². The first-order valence-electron chi connectivity index (χ1n) is 7.36. The molecule has 24 heavy (non-hydrogen) atoms. The summed E-state index contributed by atoms with van der Waals surface area (Å²) in [6.45, 7) is 0.177. The minimum Gasteiger partial charge on any atom is -1.00 e. The summed E-state index contributed by atoms with van der Waals surface area (Å²) < 4.78 is 1.81. The maximum atomic E-state index is 12.5. The second-order valence-corrected chi connectivity index (χ2v) is 5.42. The molecule has 0 unspecified atom stereocenters. The van der Waals surface area contributed by atoms with Gasteiger partial charge in [-0.3, -0.25) is 9.59 Å². The summed E-state index contributed by atoms with van der Waals surface area (Å²) in [6.07, 6.45) is 3.48. The first-order chi connectivity index (χ1) is 11.3. The molecular formula is C19H13BrN2O2. The van der Waals surface area contributed by atoms with Gasteiger partial charge >= 0.3 is 0 Å². The van der Waals surface area contributed by atoms with Crippen molar-refractivity contribution in [2.24, 2.45) is 0 Å². The SMILES string of the molecule is O=C(C[n+]1cccc2c1-c1ncccc1C2=O)c1ccccc1.[Br-]. The molecule has 118 valence electrons. The Bertz CT molecular complexity index is 939. The van der Waals surface area contributed by atoms with Crippen molar-refractivity contribution in [2.75, 3.05) is 0 Å². The van der Waals surface area contributed by atoms with Gasteiger partial charge in [0.2, 0.25) is 23.8 Å². The molecule has 4 rings (SSSR count). The Morgan fingerprint density at radius 1 is 0.958 bits per heavy atom. The molecule has 2 aromatic heterocycles. The van der Waals surface area contributed by atoms with Crippen LogP contribution in [0.3, 0.4) is 0 Å². The van der Waals surface area contributed by atoms with Crippen molar-refractivity contribution in [3.8, 4) is 11.4 Å². The van der Waals surface area contributed by atoms with Gasteiger partial charge in [0, 0.05) is 17.8 Å². The number of benzene rings is 1. The molecule has 4 nitrogen and oxygen atoms in total. The second-order valence-electron chi connectivity index (χ2n) is 5.42. The average Bonchev–Trinajstić information content (AvgIpc) is 2.90. The Morgan fingerprint density at radius 3 is 2.50 bits per heavy atom. The highest BCUT2D eigenvalue weighted by atomic mass is 79.9. The fraction of sp³-hybridized carbons (Fsp3) is 0.0526. The first-order valence-corrected chi connectivity index (χ1v) is 7.36. The van der Waals surface area contributed by atoms with Crippen LogP contribution in [-0.2, 0) is 6.54 Å². The number of hydrogen-bond acceptors (Lipinski definition) is 3. The lowest BCUT2D eigenvalue weighted by atomic mass is 10.1. The van der Waals surface area contributed by atoms with E-state index in [9.17, 15) is 9.59 Å². The van der Waals surface area contributed by atoms with E-state index in [-0.39, 0.29) is 35.1 Å². The first kappa shape index (κ1) is 16.2. The standard InChI is InChI=1S/C19H13N2O2.BrH/c22-16(13-6-2-1-3-7-13)12-21-11-5-9-15-18(21)17-14(19(15)23)8-4-10-20-17;/h1-11H,12H2;1H/q+1;/p-1. The lowest BCUT2D eigenvalue weighted by molar-refractivity contribution is -0.672. The molecule has 0 amide bonds. The van der Waals surface area contributed by atoms with E-state index in [0.29, 0.717) is 22.4 Å². The molecule has 1 aromatic carbocycles. The van der Waals surface area contributed by atoms with Crippen LogP contribution in [-0.4, -0.2) is 16.6 Å². The molecule has 0 fully saturated rings. The van der Waals surface area contributed by atoms with Crippen LogP contribution >= 0.6 is 0 Å². The second kappa shape index (κ2) is 6.45. The Morgan fingerprint density at radius 2 is 1.71 bits per heavy atom. The molecule has 1 aliphatic carbocycles. The minimum atomic E-state index is -0.0374. The molecule has 3 aromatic rings. The molecule has 0 aliphatic heterocycles. The molecule has 0 bridgehead atoms. The number of aromatic nitrogens is 2. The molecule has 2 heterocycles. The van der Waals surface area contributed by atoms with Crippen LogP contribution in [0.1, 0.15) is 26.3 Å². The van der Waals surface area contributed by atoms with Crippen molar-refractivity contribution in [1.29, 1.82) is 0 Å². The van der Waals surface area contributed by atoms with Crippen molar-refractivity contribution >= 4 is 11.6 Å². The normalized spacial score (nSPS) is 11.4. The minimum absolute atomic E-state index is 0. The van der Waals surface area contributed by atoms with Crippen LogP contribution in [0.2, 0.25) is 0 Å². The molecule has 0 saturated heterocycles. The van der Waals surface area contributed by atoms with Crippen molar-refractivity contribution in [3.63, 3.8) is 0 Å². The summed E-state index contributed by atoms with van der Waals surface area (Å²) >= 11 is 0. The number of nitrogens with zero attached hydrogens (tertiary/aromatic N) is 2. The highest BCUT2D eigenvalue weighted by molar-refractivity contribution is 6.19. The van der Waals surface area contributed by atoms with Gasteiger partial charge < -0.3 is 17.0 Å². The maximum Gasteiger partial charge on any atom is 0.243 e.